The summed E-state index contributed by atoms with van der Waals surface area (Å²) in [6, 6.07) is 3.68. The third-order valence-electron chi connectivity index (χ3n) is 1.57. The summed E-state index contributed by atoms with van der Waals surface area (Å²) in [5.74, 6) is 0.793. The second-order valence-corrected chi connectivity index (χ2v) is 2.86. The van der Waals surface area contributed by atoms with E-state index in [1.54, 1.807) is 13.2 Å². The average Bonchev–Trinajstić information content (AvgIpc) is 1.99. The molecular formula is C8H11NOS. The predicted molar refractivity (Wildman–Crippen MR) is 49.4 cm³/mol. The molecule has 60 valence electrons. The van der Waals surface area contributed by atoms with E-state index in [9.17, 15) is 0 Å². The number of nitrogens with two attached hydrogens (primary N) is 1. The van der Waals surface area contributed by atoms with Gasteiger partial charge in [-0.3, -0.25) is 0 Å². The molecule has 0 aliphatic rings. The van der Waals surface area contributed by atoms with Gasteiger partial charge in [0.25, 0.3) is 0 Å². The average molecular weight is 169 g/mol. The zero-order valence-corrected chi connectivity index (χ0v) is 7.48. The highest BCUT2D eigenvalue weighted by Gasteiger charge is 2.00. The number of aryl methyl sites for hydroxylation is 1. The lowest BCUT2D eigenvalue weighted by Gasteiger charge is -2.06. The van der Waals surface area contributed by atoms with E-state index >= 15 is 0 Å². The molecule has 2 N–H and O–H groups in total. The first kappa shape index (κ1) is 8.27. The van der Waals surface area contributed by atoms with Gasteiger partial charge < -0.3 is 10.5 Å². The normalized spacial score (nSPS) is 9.73. The molecule has 0 saturated carbocycles. The molecule has 0 unspecified atom stereocenters. The second kappa shape index (κ2) is 3.05. The standard InChI is InChI=1S/C8H11NOS/c1-5-3-6(10-2)4-7(11)8(5)9/h3-4,11H,9H2,1-2H3. The Kier molecular flexibility index (Phi) is 2.29. The Morgan fingerprint density at radius 1 is 1.45 bits per heavy atom. The Balaban J connectivity index is 3.21. The summed E-state index contributed by atoms with van der Waals surface area (Å²) in [6.45, 7) is 1.93. The van der Waals surface area contributed by atoms with Gasteiger partial charge in [-0.2, -0.15) is 0 Å². The number of methoxy groups -OCH3 is 1. The highest BCUT2D eigenvalue weighted by Crippen LogP contribution is 2.26. The van der Waals surface area contributed by atoms with Gasteiger partial charge in [-0.15, -0.1) is 12.6 Å². The van der Waals surface area contributed by atoms with Crippen LogP contribution in [0.1, 0.15) is 5.56 Å². The minimum absolute atomic E-state index is 0.717. The molecule has 0 aliphatic carbocycles. The van der Waals surface area contributed by atoms with E-state index in [4.69, 9.17) is 10.5 Å². The van der Waals surface area contributed by atoms with Crippen LogP contribution in [0.4, 0.5) is 5.69 Å². The molecule has 2 nitrogen and oxygen atoms in total. The zero-order chi connectivity index (χ0) is 8.43. The van der Waals surface area contributed by atoms with Crippen molar-refractivity contribution < 1.29 is 4.74 Å². The monoisotopic (exact) mass is 169 g/mol. The molecule has 0 fully saturated rings. The molecule has 0 aliphatic heterocycles. The SMILES string of the molecule is COc1cc(C)c(N)c(S)c1. The molecule has 0 aromatic heterocycles. The van der Waals surface area contributed by atoms with Gasteiger partial charge in [-0.05, 0) is 24.6 Å². The molecule has 0 saturated heterocycles. The van der Waals surface area contributed by atoms with Gasteiger partial charge in [0, 0.05) is 10.6 Å². The maximum atomic E-state index is 5.67. The summed E-state index contributed by atoms with van der Waals surface area (Å²) in [4.78, 5) is 0.766. The number of benzene rings is 1. The Labute approximate surface area is 71.8 Å². The van der Waals surface area contributed by atoms with Gasteiger partial charge in [0.1, 0.15) is 5.75 Å². The zero-order valence-electron chi connectivity index (χ0n) is 6.59. The van der Waals surface area contributed by atoms with Crippen molar-refractivity contribution >= 4 is 18.3 Å². The summed E-state index contributed by atoms with van der Waals surface area (Å²) >= 11 is 4.19. The van der Waals surface area contributed by atoms with Crippen molar-refractivity contribution in [2.75, 3.05) is 12.8 Å². The van der Waals surface area contributed by atoms with Crippen molar-refractivity contribution in [3.63, 3.8) is 0 Å². The van der Waals surface area contributed by atoms with E-state index in [1.807, 2.05) is 13.0 Å². The van der Waals surface area contributed by atoms with Crippen molar-refractivity contribution in [1.29, 1.82) is 0 Å². The molecular weight excluding hydrogens is 158 g/mol. The summed E-state index contributed by atoms with van der Waals surface area (Å²) < 4.78 is 5.03. The quantitative estimate of drug-likeness (QED) is 0.497. The van der Waals surface area contributed by atoms with Crippen LogP contribution in [0.3, 0.4) is 0 Å². The van der Waals surface area contributed by atoms with Gasteiger partial charge in [0.05, 0.1) is 7.11 Å². The summed E-state index contributed by atoms with van der Waals surface area (Å²) in [5.41, 5.74) is 7.39. The van der Waals surface area contributed by atoms with E-state index in [1.165, 1.54) is 0 Å². The minimum Gasteiger partial charge on any atom is -0.497 e. The fourth-order valence-electron chi connectivity index (χ4n) is 0.865. The summed E-state index contributed by atoms with van der Waals surface area (Å²) in [7, 11) is 1.62. The van der Waals surface area contributed by atoms with E-state index < -0.39 is 0 Å². The molecule has 0 atom stereocenters. The largest absolute Gasteiger partial charge is 0.497 e. The van der Waals surface area contributed by atoms with Gasteiger partial charge in [0.15, 0.2) is 0 Å². The van der Waals surface area contributed by atoms with Crippen LogP contribution in [0.5, 0.6) is 5.75 Å². The maximum absolute atomic E-state index is 5.67. The molecule has 1 rings (SSSR count). The van der Waals surface area contributed by atoms with E-state index in [-0.39, 0.29) is 0 Å². The van der Waals surface area contributed by atoms with Gasteiger partial charge in [0.2, 0.25) is 0 Å². The Morgan fingerprint density at radius 3 is 2.55 bits per heavy atom. The fraction of sp³-hybridized carbons (Fsp3) is 0.250. The van der Waals surface area contributed by atoms with Crippen LogP contribution < -0.4 is 10.5 Å². The molecule has 0 bridgehead atoms. The predicted octanol–water partition coefficient (Wildman–Crippen LogP) is 1.87. The van der Waals surface area contributed by atoms with Crippen molar-refractivity contribution in [3.05, 3.63) is 17.7 Å². The third kappa shape index (κ3) is 1.60. The molecule has 0 amide bonds. The molecule has 1 aromatic rings. The highest BCUT2D eigenvalue weighted by molar-refractivity contribution is 7.80. The van der Waals surface area contributed by atoms with Crippen molar-refractivity contribution in [2.24, 2.45) is 0 Å². The first-order valence-corrected chi connectivity index (χ1v) is 3.73. The minimum atomic E-state index is 0.717. The fourth-order valence-corrected chi connectivity index (χ4v) is 1.17. The van der Waals surface area contributed by atoms with Gasteiger partial charge >= 0.3 is 0 Å². The highest BCUT2D eigenvalue weighted by atomic mass is 32.1. The van der Waals surface area contributed by atoms with Crippen LogP contribution in [0.25, 0.3) is 0 Å². The Hall–Kier alpha value is -0.830. The first-order chi connectivity index (χ1) is 5.15. The van der Waals surface area contributed by atoms with E-state index in [2.05, 4.69) is 12.6 Å². The number of nitrogen functional groups attached to an aromatic ring is 1. The maximum Gasteiger partial charge on any atom is 0.120 e. The number of hydrogen-bond donors (Lipinski definition) is 2. The van der Waals surface area contributed by atoms with Crippen LogP contribution in [-0.2, 0) is 0 Å². The van der Waals surface area contributed by atoms with Gasteiger partial charge in [-0.1, -0.05) is 0 Å². The van der Waals surface area contributed by atoms with E-state index in [0.717, 1.165) is 16.2 Å². The number of hydrogen-bond acceptors (Lipinski definition) is 3. The summed E-state index contributed by atoms with van der Waals surface area (Å²) in [6.07, 6.45) is 0. The topological polar surface area (TPSA) is 35.2 Å². The lowest BCUT2D eigenvalue weighted by molar-refractivity contribution is 0.413. The molecule has 0 heterocycles. The summed E-state index contributed by atoms with van der Waals surface area (Å²) in [5, 5.41) is 0. The van der Waals surface area contributed by atoms with E-state index in [0.29, 0.717) is 5.69 Å². The number of ether oxygens (including phenoxy) is 1. The van der Waals surface area contributed by atoms with Crippen LogP contribution >= 0.6 is 12.6 Å². The molecule has 0 spiro atoms. The lowest BCUT2D eigenvalue weighted by atomic mass is 10.2. The first-order valence-electron chi connectivity index (χ1n) is 3.28. The van der Waals surface area contributed by atoms with Crippen LogP contribution in [0.2, 0.25) is 0 Å². The Morgan fingerprint density at radius 2 is 2.09 bits per heavy atom. The lowest BCUT2D eigenvalue weighted by Crippen LogP contribution is -1.92. The van der Waals surface area contributed by atoms with Crippen molar-refractivity contribution in [2.45, 2.75) is 11.8 Å². The molecule has 11 heavy (non-hydrogen) atoms. The molecule has 3 heteroatoms. The van der Waals surface area contributed by atoms with Crippen LogP contribution in [0.15, 0.2) is 17.0 Å². The molecule has 1 aromatic carbocycles. The van der Waals surface area contributed by atoms with Crippen molar-refractivity contribution in [1.82, 2.24) is 0 Å². The Bertz CT molecular complexity index is 250. The van der Waals surface area contributed by atoms with Crippen LogP contribution in [0, 0.1) is 6.92 Å². The number of anilines is 1. The van der Waals surface area contributed by atoms with Gasteiger partial charge in [-0.25, -0.2) is 0 Å². The third-order valence-corrected chi connectivity index (χ3v) is 1.94. The van der Waals surface area contributed by atoms with Crippen molar-refractivity contribution in [3.8, 4) is 5.75 Å². The molecule has 0 radical (unpaired) electrons. The number of rotatable bonds is 1. The second-order valence-electron chi connectivity index (χ2n) is 2.38. The number of thiol groups is 1. The van der Waals surface area contributed by atoms with Crippen LogP contribution in [-0.4, -0.2) is 7.11 Å². The smallest absolute Gasteiger partial charge is 0.120 e.